The van der Waals surface area contributed by atoms with Gasteiger partial charge in [-0.05, 0) is 23.5 Å². The molecule has 0 fully saturated rings. The van der Waals surface area contributed by atoms with Gasteiger partial charge in [0.25, 0.3) is 0 Å². The first-order chi connectivity index (χ1) is 9.05. The summed E-state index contributed by atoms with van der Waals surface area (Å²) in [6, 6.07) is 2.45. The minimum Gasteiger partial charge on any atom is -0.496 e. The highest BCUT2D eigenvalue weighted by atomic mass is 19.4. The molecule has 0 saturated carbocycles. The van der Waals surface area contributed by atoms with Crippen LogP contribution >= 0.6 is 0 Å². The summed E-state index contributed by atoms with van der Waals surface area (Å²) in [6.07, 6.45) is -4.63. The van der Waals surface area contributed by atoms with Crippen LogP contribution in [0.15, 0.2) is 12.1 Å². The van der Waals surface area contributed by atoms with Crippen molar-refractivity contribution in [2.45, 2.75) is 25.1 Å². The van der Waals surface area contributed by atoms with Crippen LogP contribution < -0.4 is 19.9 Å². The maximum atomic E-state index is 12.3. The smallest absolute Gasteiger partial charge is 0.496 e. The number of halogens is 3. The van der Waals surface area contributed by atoms with E-state index in [0.29, 0.717) is 5.56 Å². The number of hydrogen-bond donors (Lipinski definition) is 1. The van der Waals surface area contributed by atoms with Gasteiger partial charge < -0.3 is 19.9 Å². The molecule has 0 spiro atoms. The maximum Gasteiger partial charge on any atom is 0.573 e. The lowest BCUT2D eigenvalue weighted by Gasteiger charge is -2.22. The first-order valence-electron chi connectivity index (χ1n) is 5.64. The van der Waals surface area contributed by atoms with Crippen molar-refractivity contribution in [1.82, 2.24) is 0 Å². The van der Waals surface area contributed by atoms with Crippen LogP contribution in [0.5, 0.6) is 17.2 Å². The van der Waals surface area contributed by atoms with Gasteiger partial charge in [-0.15, -0.1) is 13.2 Å². The van der Waals surface area contributed by atoms with Crippen molar-refractivity contribution < 1.29 is 27.4 Å². The Morgan fingerprint density at radius 2 is 1.65 bits per heavy atom. The van der Waals surface area contributed by atoms with E-state index in [4.69, 9.17) is 23.1 Å². The van der Waals surface area contributed by atoms with Gasteiger partial charge in [-0.1, -0.05) is 6.92 Å². The lowest BCUT2D eigenvalue weighted by Crippen LogP contribution is -2.39. The van der Waals surface area contributed by atoms with Crippen LogP contribution in [0.25, 0.3) is 0 Å². The zero-order valence-electron chi connectivity index (χ0n) is 11.4. The molecule has 0 saturated heterocycles. The van der Waals surface area contributed by atoms with Crippen LogP contribution in [0.3, 0.4) is 0 Å². The first kappa shape index (κ1) is 16.5. The molecule has 1 atom stereocenters. The molecule has 1 unspecified atom stereocenters. The summed E-state index contributed by atoms with van der Waals surface area (Å²) in [6.45, 7) is 1.58. The Hall–Kier alpha value is -1.57. The Morgan fingerprint density at radius 3 is 2.05 bits per heavy atom. The van der Waals surface area contributed by atoms with Gasteiger partial charge in [-0.3, -0.25) is 0 Å². The van der Waals surface area contributed by atoms with Crippen LogP contribution in [0, 0.1) is 0 Å². The third-order valence-corrected chi connectivity index (χ3v) is 2.36. The fourth-order valence-electron chi connectivity index (χ4n) is 1.69. The minimum absolute atomic E-state index is 0.0811. The third-order valence-electron chi connectivity index (χ3n) is 2.36. The molecule has 8 heteroatoms. The third kappa shape index (κ3) is 4.84. The molecule has 1 aromatic carbocycles. The molecular weight excluding hydrogens is 274 g/mol. The average molecular weight is 289 g/mol. The number of hydrogen-bond acceptors (Lipinski definition) is 4. The zero-order valence-corrected chi connectivity index (χ0v) is 11.4. The predicted molar refractivity (Wildman–Crippen MR) is 68.3 cm³/mol. The standard InChI is InChI=1S/C12H15BF3NO3/c1-11(13,17)6-7-4-9(19-3)10(5-8(7)18-2)20-12(14,15)16/h4-5H,6,17H2,1-3H3. The second kappa shape index (κ2) is 5.82. The summed E-state index contributed by atoms with van der Waals surface area (Å²) in [7, 11) is 8.25. The van der Waals surface area contributed by atoms with E-state index in [9.17, 15) is 13.2 Å². The Kier molecular flexibility index (Phi) is 4.80. The van der Waals surface area contributed by atoms with Gasteiger partial charge in [0.1, 0.15) is 5.75 Å². The average Bonchev–Trinajstić information content (AvgIpc) is 2.26. The molecule has 0 aliphatic rings. The quantitative estimate of drug-likeness (QED) is 0.842. The topological polar surface area (TPSA) is 53.7 Å². The van der Waals surface area contributed by atoms with Crippen molar-refractivity contribution in [2.75, 3.05) is 14.2 Å². The van der Waals surface area contributed by atoms with Crippen molar-refractivity contribution in [2.24, 2.45) is 5.73 Å². The maximum absolute atomic E-state index is 12.3. The fraction of sp³-hybridized carbons (Fsp3) is 0.500. The predicted octanol–water partition coefficient (Wildman–Crippen LogP) is 1.99. The molecule has 0 aromatic heterocycles. The van der Waals surface area contributed by atoms with E-state index >= 15 is 0 Å². The van der Waals surface area contributed by atoms with Gasteiger partial charge in [0.2, 0.25) is 0 Å². The van der Waals surface area contributed by atoms with E-state index in [1.807, 2.05) is 0 Å². The number of nitrogens with two attached hydrogens (primary N) is 1. The molecule has 0 bridgehead atoms. The number of alkyl halides is 3. The lowest BCUT2D eigenvalue weighted by molar-refractivity contribution is -0.275. The Bertz CT molecular complexity index is 428. The Balaban J connectivity index is 3.23. The van der Waals surface area contributed by atoms with Crippen molar-refractivity contribution in [3.63, 3.8) is 0 Å². The van der Waals surface area contributed by atoms with E-state index in [0.717, 1.165) is 6.07 Å². The zero-order chi connectivity index (χ0) is 15.6. The summed E-state index contributed by atoms with van der Waals surface area (Å²) in [5, 5.41) is 0. The lowest BCUT2D eigenvalue weighted by atomic mass is 9.76. The minimum atomic E-state index is -4.82. The van der Waals surface area contributed by atoms with Gasteiger partial charge in [-0.2, -0.15) is 0 Å². The monoisotopic (exact) mass is 289 g/mol. The largest absolute Gasteiger partial charge is 0.573 e. The summed E-state index contributed by atoms with van der Waals surface area (Å²) in [5.41, 5.74) is 5.18. The molecule has 2 N–H and O–H groups in total. The molecule has 4 nitrogen and oxygen atoms in total. The van der Waals surface area contributed by atoms with Crippen molar-refractivity contribution in [3.05, 3.63) is 17.7 Å². The molecule has 0 heterocycles. The van der Waals surface area contributed by atoms with E-state index in [1.54, 1.807) is 6.92 Å². The highest BCUT2D eigenvalue weighted by molar-refractivity contribution is 6.15. The molecule has 1 aromatic rings. The molecule has 0 aliphatic carbocycles. The first-order valence-corrected chi connectivity index (χ1v) is 5.64. The van der Waals surface area contributed by atoms with Crippen LogP contribution in [-0.2, 0) is 6.42 Å². The van der Waals surface area contributed by atoms with Crippen molar-refractivity contribution >= 4 is 7.85 Å². The summed E-state index contributed by atoms with van der Waals surface area (Å²) >= 11 is 0. The van der Waals surface area contributed by atoms with Gasteiger partial charge in [0, 0.05) is 6.07 Å². The second-order valence-corrected chi connectivity index (χ2v) is 4.55. The highest BCUT2D eigenvalue weighted by Crippen LogP contribution is 2.38. The Morgan fingerprint density at radius 1 is 1.10 bits per heavy atom. The molecule has 0 aliphatic heterocycles. The number of methoxy groups -OCH3 is 2. The van der Waals surface area contributed by atoms with E-state index < -0.39 is 17.6 Å². The summed E-state index contributed by atoms with van der Waals surface area (Å²) in [4.78, 5) is 0. The number of ether oxygens (including phenoxy) is 3. The fourth-order valence-corrected chi connectivity index (χ4v) is 1.69. The SMILES string of the molecule is [B]C(C)(N)Cc1cc(OC)c(OC(F)(F)F)cc1OC. The van der Waals surface area contributed by atoms with Crippen LogP contribution in [0.4, 0.5) is 13.2 Å². The van der Waals surface area contributed by atoms with Crippen LogP contribution in [0.2, 0.25) is 0 Å². The molecule has 20 heavy (non-hydrogen) atoms. The normalized spacial score (nSPS) is 14.6. The Labute approximate surface area is 116 Å². The van der Waals surface area contributed by atoms with Gasteiger partial charge in [0.05, 0.1) is 22.1 Å². The van der Waals surface area contributed by atoms with Crippen LogP contribution in [-0.4, -0.2) is 33.9 Å². The number of rotatable bonds is 5. The molecule has 0 amide bonds. The highest BCUT2D eigenvalue weighted by Gasteiger charge is 2.33. The van der Waals surface area contributed by atoms with Crippen LogP contribution in [0.1, 0.15) is 12.5 Å². The van der Waals surface area contributed by atoms with Crippen molar-refractivity contribution in [3.8, 4) is 17.2 Å². The second-order valence-electron chi connectivity index (χ2n) is 4.55. The van der Waals surface area contributed by atoms with Gasteiger partial charge >= 0.3 is 6.36 Å². The molecule has 110 valence electrons. The van der Waals surface area contributed by atoms with E-state index in [-0.39, 0.29) is 17.9 Å². The molecular formula is C12H15BF3NO3. The van der Waals surface area contributed by atoms with Gasteiger partial charge in [0.15, 0.2) is 11.5 Å². The van der Waals surface area contributed by atoms with E-state index in [2.05, 4.69) is 4.74 Å². The summed E-state index contributed by atoms with van der Waals surface area (Å²) in [5.74, 6) is -0.383. The molecule has 2 radical (unpaired) electrons. The van der Waals surface area contributed by atoms with E-state index in [1.165, 1.54) is 20.3 Å². The number of benzene rings is 1. The molecule has 1 rings (SSSR count). The summed E-state index contributed by atoms with van der Waals surface area (Å²) < 4.78 is 50.7. The van der Waals surface area contributed by atoms with Crippen molar-refractivity contribution in [1.29, 1.82) is 0 Å². The van der Waals surface area contributed by atoms with Gasteiger partial charge in [-0.25, -0.2) is 0 Å².